The Morgan fingerprint density at radius 2 is 1.79 bits per heavy atom. The van der Waals surface area contributed by atoms with Crippen molar-refractivity contribution in [1.82, 2.24) is 10.6 Å². The number of fused-ring (bicyclic) bond motifs is 1. The lowest BCUT2D eigenvalue weighted by Crippen LogP contribution is -2.84. The fourth-order valence-corrected chi connectivity index (χ4v) is 5.06. The second-order valence-corrected chi connectivity index (χ2v) is 9.30. The summed E-state index contributed by atoms with van der Waals surface area (Å²) in [6.07, 6.45) is 0.661. The van der Waals surface area contributed by atoms with E-state index in [1.54, 1.807) is 12.1 Å². The Kier molecular flexibility index (Phi) is 5.04. The molecule has 0 saturated heterocycles. The van der Waals surface area contributed by atoms with Crippen LogP contribution in [0.25, 0.3) is 0 Å². The SMILES string of the molecule is O=C(COc1ccc(F)c(F)c1)NC12CC(NC(=O)[C@H]3CC(=O)c4cc(Cl)ccc4O3)(C1)C2. The van der Waals surface area contributed by atoms with Gasteiger partial charge in [0.25, 0.3) is 11.8 Å². The molecule has 2 amide bonds. The van der Waals surface area contributed by atoms with E-state index >= 15 is 0 Å². The Hall–Kier alpha value is -3.20. The minimum absolute atomic E-state index is 0.0521. The second kappa shape index (κ2) is 7.69. The predicted molar refractivity (Wildman–Crippen MR) is 112 cm³/mol. The van der Waals surface area contributed by atoms with E-state index in [9.17, 15) is 23.2 Å². The summed E-state index contributed by atoms with van der Waals surface area (Å²) < 4.78 is 37.1. The van der Waals surface area contributed by atoms with Crippen molar-refractivity contribution in [3.05, 3.63) is 58.6 Å². The van der Waals surface area contributed by atoms with Gasteiger partial charge in [0.05, 0.1) is 12.0 Å². The summed E-state index contributed by atoms with van der Waals surface area (Å²) in [6, 6.07) is 7.73. The van der Waals surface area contributed by atoms with Crippen LogP contribution in [0.4, 0.5) is 8.78 Å². The van der Waals surface area contributed by atoms with E-state index in [0.717, 1.165) is 12.1 Å². The lowest BCUT2D eigenvalue weighted by atomic mass is 9.44. The van der Waals surface area contributed by atoms with Gasteiger partial charge >= 0.3 is 0 Å². The van der Waals surface area contributed by atoms with Crippen LogP contribution in [0.15, 0.2) is 36.4 Å². The van der Waals surface area contributed by atoms with E-state index in [-0.39, 0.29) is 30.5 Å². The molecule has 3 aliphatic carbocycles. The van der Waals surface area contributed by atoms with E-state index in [4.69, 9.17) is 21.1 Å². The van der Waals surface area contributed by atoms with E-state index in [0.29, 0.717) is 35.6 Å². The molecule has 1 atom stereocenters. The molecule has 7 nitrogen and oxygen atoms in total. The van der Waals surface area contributed by atoms with E-state index in [2.05, 4.69) is 10.6 Å². The van der Waals surface area contributed by atoms with Crippen molar-refractivity contribution < 1.29 is 32.6 Å². The first-order chi connectivity index (χ1) is 15.7. The van der Waals surface area contributed by atoms with Gasteiger partial charge in [-0.1, -0.05) is 11.6 Å². The van der Waals surface area contributed by atoms with Gasteiger partial charge in [0.2, 0.25) is 0 Å². The molecule has 6 rings (SSSR count). The first kappa shape index (κ1) is 21.6. The molecule has 2 N–H and O–H groups in total. The highest BCUT2D eigenvalue weighted by Gasteiger charge is 2.69. The van der Waals surface area contributed by atoms with Crippen molar-refractivity contribution in [3.8, 4) is 11.5 Å². The van der Waals surface area contributed by atoms with Gasteiger partial charge in [-0.2, -0.15) is 0 Å². The van der Waals surface area contributed by atoms with Crippen LogP contribution in [0.5, 0.6) is 11.5 Å². The highest BCUT2D eigenvalue weighted by atomic mass is 35.5. The predicted octanol–water partition coefficient (Wildman–Crippen LogP) is 2.94. The summed E-state index contributed by atoms with van der Waals surface area (Å²) in [5.41, 5.74) is -0.490. The van der Waals surface area contributed by atoms with Crippen molar-refractivity contribution in [2.24, 2.45) is 0 Å². The zero-order chi connectivity index (χ0) is 23.4. The highest BCUT2D eigenvalue weighted by Crippen LogP contribution is 2.60. The van der Waals surface area contributed by atoms with Crippen LogP contribution in [0.2, 0.25) is 5.02 Å². The van der Waals surface area contributed by atoms with Gasteiger partial charge in [-0.05, 0) is 49.6 Å². The van der Waals surface area contributed by atoms with Crippen LogP contribution in [-0.2, 0) is 9.59 Å². The second-order valence-electron chi connectivity index (χ2n) is 8.87. The van der Waals surface area contributed by atoms with Gasteiger partial charge in [0.15, 0.2) is 30.1 Å². The quantitative estimate of drug-likeness (QED) is 0.668. The summed E-state index contributed by atoms with van der Waals surface area (Å²) in [4.78, 5) is 37.3. The van der Waals surface area contributed by atoms with Crippen molar-refractivity contribution in [1.29, 1.82) is 0 Å². The van der Waals surface area contributed by atoms with E-state index in [1.807, 2.05) is 0 Å². The third kappa shape index (κ3) is 4.01. The highest BCUT2D eigenvalue weighted by molar-refractivity contribution is 6.31. The third-order valence-electron chi connectivity index (χ3n) is 6.26. The number of nitrogens with one attached hydrogen (secondary N) is 2. The van der Waals surface area contributed by atoms with Gasteiger partial charge in [-0.3, -0.25) is 14.4 Å². The Labute approximate surface area is 192 Å². The minimum atomic E-state index is -1.05. The van der Waals surface area contributed by atoms with E-state index < -0.39 is 34.7 Å². The molecule has 2 aromatic carbocycles. The maximum atomic E-state index is 13.2. The number of ether oxygens (including phenoxy) is 2. The number of Topliss-reactive ketones (excluding diaryl/α,β-unsaturated/α-hetero) is 1. The van der Waals surface area contributed by atoms with E-state index in [1.165, 1.54) is 12.1 Å². The molecule has 2 aromatic rings. The number of ketones is 1. The molecule has 33 heavy (non-hydrogen) atoms. The molecule has 1 heterocycles. The largest absolute Gasteiger partial charge is 0.484 e. The smallest absolute Gasteiger partial charge is 0.261 e. The fraction of sp³-hybridized carbons (Fsp3) is 0.348. The molecule has 0 spiro atoms. The molecule has 10 heteroatoms. The summed E-state index contributed by atoms with van der Waals surface area (Å²) >= 11 is 5.92. The van der Waals surface area contributed by atoms with Crippen LogP contribution in [0.3, 0.4) is 0 Å². The Morgan fingerprint density at radius 1 is 1.06 bits per heavy atom. The molecule has 0 unspecified atom stereocenters. The summed E-state index contributed by atoms with van der Waals surface area (Å²) in [6.45, 7) is -0.340. The van der Waals surface area contributed by atoms with Gasteiger partial charge in [0.1, 0.15) is 11.5 Å². The van der Waals surface area contributed by atoms with Crippen molar-refractivity contribution >= 4 is 29.2 Å². The molecule has 0 aromatic heterocycles. The van der Waals surface area contributed by atoms with Crippen LogP contribution >= 0.6 is 11.6 Å². The summed E-state index contributed by atoms with van der Waals surface area (Å²) in [5.74, 6) is -2.64. The molecule has 3 fully saturated rings. The minimum Gasteiger partial charge on any atom is -0.484 e. The zero-order valence-corrected chi connectivity index (χ0v) is 18.0. The Balaban J connectivity index is 1.10. The number of rotatable bonds is 6. The molecular weight excluding hydrogens is 458 g/mol. The number of carbonyl (C=O) groups is 3. The monoisotopic (exact) mass is 476 g/mol. The average molecular weight is 477 g/mol. The molecule has 2 bridgehead atoms. The van der Waals surface area contributed by atoms with Crippen molar-refractivity contribution in [2.45, 2.75) is 42.9 Å². The normalized spacial score (nSPS) is 26.8. The number of amides is 2. The average Bonchev–Trinajstić information content (AvgIpc) is 2.72. The van der Waals surface area contributed by atoms with Gasteiger partial charge in [-0.15, -0.1) is 0 Å². The number of hydrogen-bond acceptors (Lipinski definition) is 5. The Bertz CT molecular complexity index is 1170. The molecule has 0 radical (unpaired) electrons. The molecule has 3 saturated carbocycles. The number of benzene rings is 2. The first-order valence-electron chi connectivity index (χ1n) is 10.4. The van der Waals surface area contributed by atoms with Crippen LogP contribution in [0, 0.1) is 11.6 Å². The summed E-state index contributed by atoms with van der Waals surface area (Å²) in [5, 5.41) is 6.25. The maximum absolute atomic E-state index is 13.2. The maximum Gasteiger partial charge on any atom is 0.261 e. The number of halogens is 3. The van der Waals surface area contributed by atoms with Gasteiger partial charge in [0, 0.05) is 22.2 Å². The molecule has 1 aliphatic heterocycles. The lowest BCUT2D eigenvalue weighted by molar-refractivity contribution is -0.154. The topological polar surface area (TPSA) is 93.7 Å². The van der Waals surface area contributed by atoms with Crippen LogP contribution in [0.1, 0.15) is 36.0 Å². The van der Waals surface area contributed by atoms with Crippen molar-refractivity contribution in [2.75, 3.05) is 6.61 Å². The molecule has 4 aliphatic rings. The first-order valence-corrected chi connectivity index (χ1v) is 10.7. The number of carbonyl (C=O) groups excluding carboxylic acids is 3. The molecular formula is C23H19ClF2N2O5. The number of hydrogen-bond donors (Lipinski definition) is 2. The lowest BCUT2D eigenvalue weighted by Gasteiger charge is -2.70. The zero-order valence-electron chi connectivity index (χ0n) is 17.3. The van der Waals surface area contributed by atoms with Crippen LogP contribution < -0.4 is 20.1 Å². The third-order valence-corrected chi connectivity index (χ3v) is 6.49. The fourth-order valence-electron chi connectivity index (χ4n) is 4.88. The van der Waals surface area contributed by atoms with Crippen LogP contribution in [-0.4, -0.2) is 41.4 Å². The Morgan fingerprint density at radius 3 is 2.52 bits per heavy atom. The van der Waals surface area contributed by atoms with Gasteiger partial charge in [-0.25, -0.2) is 8.78 Å². The van der Waals surface area contributed by atoms with Gasteiger partial charge < -0.3 is 20.1 Å². The van der Waals surface area contributed by atoms with Crippen molar-refractivity contribution in [3.63, 3.8) is 0 Å². The summed E-state index contributed by atoms with van der Waals surface area (Å²) in [7, 11) is 0. The standard InChI is InChI=1S/C23H19ClF2N2O5/c24-12-1-4-18-14(5-12)17(29)7-19(33-18)21(31)28-23-9-22(10-23,11-23)27-20(30)8-32-13-2-3-15(25)16(26)6-13/h1-6,19H,7-11H2,(H,27,30)(H,28,31)/t19-,22?,23?/m1/s1. The molecule has 172 valence electrons.